The van der Waals surface area contributed by atoms with Gasteiger partial charge in [-0.2, -0.15) is 15.0 Å². The van der Waals surface area contributed by atoms with Crippen molar-refractivity contribution in [1.82, 2.24) is 15.0 Å². The summed E-state index contributed by atoms with van der Waals surface area (Å²) in [5.74, 6) is 6.53. The number of anilines is 1. The molecule has 2 rings (SSSR count). The minimum absolute atomic E-state index is 0.0237. The van der Waals surface area contributed by atoms with Crippen LogP contribution in [0.5, 0.6) is 6.01 Å². The summed E-state index contributed by atoms with van der Waals surface area (Å²) < 4.78 is 5.54. The van der Waals surface area contributed by atoms with Crippen LogP contribution in [0.15, 0.2) is 5.16 Å². The van der Waals surface area contributed by atoms with Gasteiger partial charge in [0.2, 0.25) is 5.95 Å². The number of hydrogen-bond donors (Lipinski definition) is 2. The fraction of sp³-hybridized carbons (Fsp3) is 0.769. The number of hydrazine groups is 1. The number of nitrogen functional groups attached to an aromatic ring is 1. The monoisotopic (exact) mass is 297 g/mol. The minimum Gasteiger partial charge on any atom is -0.461 e. The van der Waals surface area contributed by atoms with Gasteiger partial charge >= 0.3 is 6.01 Å². The normalized spacial score (nSPS) is 22.9. The van der Waals surface area contributed by atoms with Crippen molar-refractivity contribution >= 4 is 17.7 Å². The minimum atomic E-state index is 0.0237. The Morgan fingerprint density at radius 1 is 1.30 bits per heavy atom. The number of nitrogens with two attached hydrogens (primary N) is 1. The highest BCUT2D eigenvalue weighted by atomic mass is 32.2. The maximum atomic E-state index is 5.54. The highest BCUT2D eigenvalue weighted by Crippen LogP contribution is 2.35. The lowest BCUT2D eigenvalue weighted by molar-refractivity contribution is 0.219. The second-order valence-corrected chi connectivity index (χ2v) is 6.81. The number of thioether (sulfide) groups is 1. The molecule has 20 heavy (non-hydrogen) atoms. The van der Waals surface area contributed by atoms with Gasteiger partial charge in [0.15, 0.2) is 5.16 Å². The van der Waals surface area contributed by atoms with E-state index in [0.29, 0.717) is 22.4 Å². The molecule has 3 N–H and O–H groups in total. The summed E-state index contributed by atoms with van der Waals surface area (Å²) in [4.78, 5) is 12.8. The highest BCUT2D eigenvalue weighted by molar-refractivity contribution is 7.99. The summed E-state index contributed by atoms with van der Waals surface area (Å²) in [5.41, 5.74) is 2.47. The molecule has 0 saturated heterocycles. The van der Waals surface area contributed by atoms with Gasteiger partial charge in [-0.3, -0.25) is 5.43 Å². The van der Waals surface area contributed by atoms with Crippen molar-refractivity contribution in [3.05, 3.63) is 0 Å². The van der Waals surface area contributed by atoms with Crippen LogP contribution in [0.4, 0.5) is 5.95 Å². The van der Waals surface area contributed by atoms with Gasteiger partial charge in [-0.05, 0) is 32.6 Å². The molecule has 0 aromatic carbocycles. The lowest BCUT2D eigenvalue weighted by atomic mass is 9.91. The Morgan fingerprint density at radius 3 is 2.75 bits per heavy atom. The Bertz CT molecular complexity index is 443. The van der Waals surface area contributed by atoms with Crippen molar-refractivity contribution in [3.63, 3.8) is 0 Å². The molecule has 1 saturated carbocycles. The van der Waals surface area contributed by atoms with Gasteiger partial charge in [0.1, 0.15) is 0 Å². The first kappa shape index (κ1) is 15.3. The van der Waals surface area contributed by atoms with Crippen LogP contribution in [0, 0.1) is 5.92 Å². The number of aromatic nitrogens is 3. The summed E-state index contributed by atoms with van der Waals surface area (Å²) in [6.07, 6.45) is 5.05. The lowest BCUT2D eigenvalue weighted by Gasteiger charge is -2.25. The van der Waals surface area contributed by atoms with Gasteiger partial charge < -0.3 is 4.74 Å². The Balaban J connectivity index is 2.09. The molecule has 2 unspecified atom stereocenters. The van der Waals surface area contributed by atoms with E-state index in [2.05, 4.69) is 27.3 Å². The average molecular weight is 297 g/mol. The van der Waals surface area contributed by atoms with E-state index in [1.165, 1.54) is 25.7 Å². The fourth-order valence-corrected chi connectivity index (χ4v) is 3.63. The van der Waals surface area contributed by atoms with E-state index in [1.54, 1.807) is 11.8 Å². The first-order chi connectivity index (χ1) is 9.56. The Hall–Kier alpha value is -1.08. The van der Waals surface area contributed by atoms with Crippen LogP contribution in [0.3, 0.4) is 0 Å². The largest absolute Gasteiger partial charge is 0.461 e. The zero-order valence-electron chi connectivity index (χ0n) is 12.3. The molecule has 0 aliphatic heterocycles. The fourth-order valence-electron chi connectivity index (χ4n) is 2.35. The molecule has 112 valence electrons. The summed E-state index contributed by atoms with van der Waals surface area (Å²) in [7, 11) is 0. The second kappa shape index (κ2) is 7.08. The third-order valence-electron chi connectivity index (χ3n) is 3.22. The molecule has 0 radical (unpaired) electrons. The zero-order valence-corrected chi connectivity index (χ0v) is 13.1. The van der Waals surface area contributed by atoms with Gasteiger partial charge in [-0.25, -0.2) is 5.84 Å². The average Bonchev–Trinajstić information content (AvgIpc) is 2.37. The quantitative estimate of drug-likeness (QED) is 0.638. The molecule has 1 aromatic heterocycles. The number of ether oxygens (including phenoxy) is 1. The Morgan fingerprint density at radius 2 is 2.10 bits per heavy atom. The first-order valence-corrected chi connectivity index (χ1v) is 8.00. The Kier molecular flexibility index (Phi) is 5.42. The third-order valence-corrected chi connectivity index (χ3v) is 4.38. The van der Waals surface area contributed by atoms with Crippen molar-refractivity contribution in [3.8, 4) is 6.01 Å². The molecule has 0 amide bonds. The van der Waals surface area contributed by atoms with Crippen molar-refractivity contribution in [2.75, 3.05) is 5.43 Å². The van der Waals surface area contributed by atoms with Gasteiger partial charge in [-0.1, -0.05) is 31.5 Å². The van der Waals surface area contributed by atoms with Crippen molar-refractivity contribution in [2.45, 2.75) is 63.0 Å². The number of nitrogens with one attached hydrogen (secondary N) is 1. The van der Waals surface area contributed by atoms with E-state index in [1.807, 2.05) is 13.8 Å². The summed E-state index contributed by atoms with van der Waals surface area (Å²) in [5, 5.41) is 1.25. The highest BCUT2D eigenvalue weighted by Gasteiger charge is 2.21. The molecule has 0 bridgehead atoms. The number of nitrogens with zero attached hydrogens (tertiary/aromatic N) is 3. The summed E-state index contributed by atoms with van der Waals surface area (Å²) >= 11 is 1.70. The predicted molar refractivity (Wildman–Crippen MR) is 80.7 cm³/mol. The van der Waals surface area contributed by atoms with Crippen LogP contribution in [-0.2, 0) is 0 Å². The van der Waals surface area contributed by atoms with Crippen molar-refractivity contribution in [2.24, 2.45) is 11.8 Å². The Labute approximate surface area is 124 Å². The maximum Gasteiger partial charge on any atom is 0.322 e. The summed E-state index contributed by atoms with van der Waals surface area (Å²) in [6, 6.07) is 0.328. The molecule has 1 fully saturated rings. The van der Waals surface area contributed by atoms with E-state index >= 15 is 0 Å². The molecule has 7 heteroatoms. The van der Waals surface area contributed by atoms with Crippen LogP contribution in [0.2, 0.25) is 0 Å². The molecule has 6 nitrogen and oxygen atoms in total. The van der Waals surface area contributed by atoms with Crippen molar-refractivity contribution in [1.29, 1.82) is 0 Å². The van der Waals surface area contributed by atoms with Crippen LogP contribution >= 0.6 is 11.8 Å². The maximum absolute atomic E-state index is 5.54. The molecule has 1 aromatic rings. The molecule has 1 heterocycles. The topological polar surface area (TPSA) is 86.0 Å². The second-order valence-electron chi connectivity index (χ2n) is 5.55. The molecule has 2 atom stereocenters. The third kappa shape index (κ3) is 4.49. The molecular weight excluding hydrogens is 274 g/mol. The zero-order chi connectivity index (χ0) is 14.5. The van der Waals surface area contributed by atoms with Gasteiger partial charge in [0.25, 0.3) is 0 Å². The van der Waals surface area contributed by atoms with Gasteiger partial charge in [0, 0.05) is 5.25 Å². The SMILES string of the molecule is CC1CCCC(Sc2nc(NN)nc(OC(C)C)n2)C1. The van der Waals surface area contributed by atoms with E-state index < -0.39 is 0 Å². The van der Waals surface area contributed by atoms with Crippen LogP contribution in [-0.4, -0.2) is 26.3 Å². The first-order valence-electron chi connectivity index (χ1n) is 7.13. The lowest BCUT2D eigenvalue weighted by Crippen LogP contribution is -2.17. The van der Waals surface area contributed by atoms with Gasteiger partial charge in [-0.15, -0.1) is 0 Å². The number of hydrogen-bond acceptors (Lipinski definition) is 7. The summed E-state index contributed by atoms with van der Waals surface area (Å²) in [6.45, 7) is 6.18. The predicted octanol–water partition coefficient (Wildman–Crippen LogP) is 2.62. The molecule has 1 aliphatic carbocycles. The standard InChI is InChI=1S/C13H23N5OS/c1-8(2)19-12-15-11(18-14)16-13(17-12)20-10-6-4-5-9(3)7-10/h8-10H,4-7,14H2,1-3H3,(H,15,16,17,18). The molecule has 0 spiro atoms. The van der Waals surface area contributed by atoms with Crippen LogP contribution in [0.25, 0.3) is 0 Å². The van der Waals surface area contributed by atoms with E-state index in [-0.39, 0.29) is 6.10 Å². The van der Waals surface area contributed by atoms with Crippen LogP contribution < -0.4 is 16.0 Å². The molecule has 1 aliphatic rings. The van der Waals surface area contributed by atoms with Crippen LogP contribution in [0.1, 0.15) is 46.5 Å². The number of rotatable bonds is 5. The molecular formula is C13H23N5OS. The van der Waals surface area contributed by atoms with E-state index in [0.717, 1.165) is 5.92 Å². The van der Waals surface area contributed by atoms with Gasteiger partial charge in [0.05, 0.1) is 6.10 Å². The van der Waals surface area contributed by atoms with Crippen molar-refractivity contribution < 1.29 is 4.74 Å². The van der Waals surface area contributed by atoms with E-state index in [4.69, 9.17) is 10.6 Å². The smallest absolute Gasteiger partial charge is 0.322 e. The van der Waals surface area contributed by atoms with E-state index in [9.17, 15) is 0 Å².